The molecule has 0 aliphatic heterocycles. The highest BCUT2D eigenvalue weighted by molar-refractivity contribution is 5.06. The molecule has 0 N–H and O–H groups in total. The van der Waals surface area contributed by atoms with Crippen LogP contribution in [0.5, 0.6) is 0 Å². The van der Waals surface area contributed by atoms with E-state index in [0.717, 1.165) is 0 Å². The molecule has 0 bridgehead atoms. The van der Waals surface area contributed by atoms with Crippen LogP contribution in [0.25, 0.3) is 0 Å². The Morgan fingerprint density at radius 3 is 2.56 bits per heavy atom. The van der Waals surface area contributed by atoms with Crippen LogP contribution in [0.4, 0.5) is 8.78 Å². The molecule has 51 valence electrons. The highest BCUT2D eigenvalue weighted by atomic mass is 19.3. The summed E-state index contributed by atoms with van der Waals surface area (Å²) in [4.78, 5) is 0. The van der Waals surface area contributed by atoms with Gasteiger partial charge < -0.3 is 0 Å². The summed E-state index contributed by atoms with van der Waals surface area (Å²) >= 11 is 0. The van der Waals surface area contributed by atoms with Gasteiger partial charge in [-0.2, -0.15) is 5.26 Å². The zero-order valence-corrected chi connectivity index (χ0v) is 5.19. The summed E-state index contributed by atoms with van der Waals surface area (Å²) in [7, 11) is 0. The van der Waals surface area contributed by atoms with Gasteiger partial charge in [-0.3, -0.25) is 0 Å². The Morgan fingerprint density at radius 2 is 2.22 bits per heavy atom. The van der Waals surface area contributed by atoms with Crippen LogP contribution in [-0.2, 0) is 0 Å². The van der Waals surface area contributed by atoms with E-state index in [1.165, 1.54) is 0 Å². The highest BCUT2D eigenvalue weighted by Gasteiger charge is 2.06. The number of hydrogen-bond donors (Lipinski definition) is 0. The Labute approximate surface area is 53.3 Å². The van der Waals surface area contributed by atoms with Crippen molar-refractivity contribution < 1.29 is 8.78 Å². The van der Waals surface area contributed by atoms with Gasteiger partial charge in [0.05, 0.1) is 12.0 Å². The van der Waals surface area contributed by atoms with E-state index < -0.39 is 6.43 Å². The molecule has 1 radical (unpaired) electrons. The lowest BCUT2D eigenvalue weighted by Crippen LogP contribution is -1.94. The van der Waals surface area contributed by atoms with Crippen LogP contribution in [0.2, 0.25) is 0 Å². The van der Waals surface area contributed by atoms with E-state index in [1.54, 1.807) is 13.0 Å². The number of alkyl halides is 2. The minimum absolute atomic E-state index is 0.195. The summed E-state index contributed by atoms with van der Waals surface area (Å²) < 4.78 is 22.8. The molecule has 0 saturated heterocycles. The SMILES string of the molecule is C[C](C#N)CCC(F)F. The predicted molar refractivity (Wildman–Crippen MR) is 29.8 cm³/mol. The average Bonchev–Trinajstić information content (AvgIpc) is 1.83. The van der Waals surface area contributed by atoms with Gasteiger partial charge in [0.2, 0.25) is 6.43 Å². The Hall–Kier alpha value is -0.650. The summed E-state index contributed by atoms with van der Waals surface area (Å²) in [6.07, 6.45) is -2.26. The van der Waals surface area contributed by atoms with E-state index in [1.807, 2.05) is 0 Å². The van der Waals surface area contributed by atoms with Crippen molar-refractivity contribution in [2.45, 2.75) is 26.2 Å². The van der Waals surface area contributed by atoms with Gasteiger partial charge in [0.1, 0.15) is 0 Å². The molecule has 0 fully saturated rings. The minimum Gasteiger partial charge on any atom is -0.211 e. The first-order valence-electron chi connectivity index (χ1n) is 2.67. The van der Waals surface area contributed by atoms with Crippen molar-refractivity contribution in [3.63, 3.8) is 0 Å². The predicted octanol–water partition coefficient (Wildman–Crippen LogP) is 2.15. The van der Waals surface area contributed by atoms with E-state index >= 15 is 0 Å². The van der Waals surface area contributed by atoms with Gasteiger partial charge >= 0.3 is 0 Å². The molecule has 0 atom stereocenters. The zero-order chi connectivity index (χ0) is 7.28. The highest BCUT2D eigenvalue weighted by Crippen LogP contribution is 2.10. The first-order valence-corrected chi connectivity index (χ1v) is 2.67. The molecule has 1 nitrogen and oxygen atoms in total. The van der Waals surface area contributed by atoms with Gasteiger partial charge in [-0.25, -0.2) is 8.78 Å². The molecule has 0 saturated carbocycles. The van der Waals surface area contributed by atoms with Gasteiger partial charge in [-0.05, 0) is 13.3 Å². The molecule has 0 unspecified atom stereocenters. The van der Waals surface area contributed by atoms with Gasteiger partial charge in [-0.15, -0.1) is 0 Å². The molecule has 0 aromatic rings. The molecule has 0 rings (SSSR count). The smallest absolute Gasteiger partial charge is 0.211 e. The molecule has 0 spiro atoms. The summed E-state index contributed by atoms with van der Waals surface area (Å²) in [5.41, 5.74) is 0. The van der Waals surface area contributed by atoms with E-state index in [9.17, 15) is 8.78 Å². The van der Waals surface area contributed by atoms with E-state index in [2.05, 4.69) is 0 Å². The van der Waals surface area contributed by atoms with Crippen molar-refractivity contribution in [1.29, 1.82) is 5.26 Å². The molecule has 0 aromatic carbocycles. The van der Waals surface area contributed by atoms with Crippen LogP contribution in [0.1, 0.15) is 19.8 Å². The first-order chi connectivity index (χ1) is 4.16. The quantitative estimate of drug-likeness (QED) is 0.577. The zero-order valence-electron chi connectivity index (χ0n) is 5.19. The van der Waals surface area contributed by atoms with Crippen LogP contribution < -0.4 is 0 Å². The van der Waals surface area contributed by atoms with Crippen molar-refractivity contribution in [1.82, 2.24) is 0 Å². The van der Waals surface area contributed by atoms with Crippen LogP contribution in [0.3, 0.4) is 0 Å². The number of rotatable bonds is 3. The van der Waals surface area contributed by atoms with Gasteiger partial charge in [0.15, 0.2) is 0 Å². The van der Waals surface area contributed by atoms with Crippen molar-refractivity contribution in [3.8, 4) is 6.07 Å². The minimum atomic E-state index is -2.28. The van der Waals surface area contributed by atoms with Crippen molar-refractivity contribution in [2.75, 3.05) is 0 Å². The first kappa shape index (κ1) is 8.35. The largest absolute Gasteiger partial charge is 0.238 e. The van der Waals surface area contributed by atoms with Gasteiger partial charge in [0, 0.05) is 6.42 Å². The van der Waals surface area contributed by atoms with E-state index in [-0.39, 0.29) is 12.8 Å². The lowest BCUT2D eigenvalue weighted by molar-refractivity contribution is 0.137. The summed E-state index contributed by atoms with van der Waals surface area (Å²) in [6, 6.07) is 1.80. The molecule has 0 amide bonds. The normalized spacial score (nSPS) is 10.2. The van der Waals surface area contributed by atoms with Crippen LogP contribution in [0, 0.1) is 17.2 Å². The number of halogens is 2. The topological polar surface area (TPSA) is 23.8 Å². The molecule has 0 aliphatic rings. The number of nitriles is 1. The summed E-state index contributed by atoms with van der Waals surface area (Å²) in [6.45, 7) is 1.56. The molecular weight excluding hydrogens is 124 g/mol. The van der Waals surface area contributed by atoms with Crippen LogP contribution in [0.15, 0.2) is 0 Å². The third-order valence-corrected chi connectivity index (χ3v) is 0.928. The van der Waals surface area contributed by atoms with Gasteiger partial charge in [0.25, 0.3) is 0 Å². The van der Waals surface area contributed by atoms with Crippen LogP contribution in [-0.4, -0.2) is 6.43 Å². The summed E-state index contributed by atoms with van der Waals surface area (Å²) in [5, 5.41) is 8.12. The van der Waals surface area contributed by atoms with Crippen molar-refractivity contribution >= 4 is 0 Å². The Morgan fingerprint density at radius 1 is 1.67 bits per heavy atom. The maximum atomic E-state index is 11.4. The second-order valence-electron chi connectivity index (χ2n) is 1.82. The Kier molecular flexibility index (Phi) is 3.94. The lowest BCUT2D eigenvalue weighted by Gasteiger charge is -1.98. The van der Waals surface area contributed by atoms with Crippen molar-refractivity contribution in [2.24, 2.45) is 0 Å². The fourth-order valence-corrected chi connectivity index (χ4v) is 0.382. The number of hydrogen-bond acceptors (Lipinski definition) is 1. The molecule has 3 heteroatoms. The Bertz CT molecular complexity index is 106. The molecule has 0 aromatic heterocycles. The van der Waals surface area contributed by atoms with Gasteiger partial charge in [-0.1, -0.05) is 0 Å². The standard InChI is InChI=1S/C6H8F2N/c1-5(4-9)2-3-6(7)8/h6H,2-3H2,1H3. The van der Waals surface area contributed by atoms with E-state index in [0.29, 0.717) is 5.92 Å². The summed E-state index contributed by atoms with van der Waals surface area (Å²) in [5.74, 6) is 0.468. The second kappa shape index (κ2) is 4.25. The molecular formula is C6H8F2N. The van der Waals surface area contributed by atoms with E-state index in [4.69, 9.17) is 5.26 Å². The van der Waals surface area contributed by atoms with Crippen molar-refractivity contribution in [3.05, 3.63) is 5.92 Å². The average molecular weight is 132 g/mol. The monoisotopic (exact) mass is 132 g/mol. The maximum Gasteiger partial charge on any atom is 0.238 e. The third-order valence-electron chi connectivity index (χ3n) is 0.928. The third kappa shape index (κ3) is 5.22. The fraction of sp³-hybridized carbons (Fsp3) is 0.667. The molecule has 0 aliphatic carbocycles. The second-order valence-corrected chi connectivity index (χ2v) is 1.82. The van der Waals surface area contributed by atoms with Crippen LogP contribution >= 0.6 is 0 Å². The maximum absolute atomic E-state index is 11.4. The molecule has 0 heterocycles. The molecule has 9 heavy (non-hydrogen) atoms. The lowest BCUT2D eigenvalue weighted by atomic mass is 10.1. The number of nitrogens with zero attached hydrogens (tertiary/aromatic N) is 1. The fourth-order valence-electron chi connectivity index (χ4n) is 0.382. The Balaban J connectivity index is 3.19.